The molecule has 0 saturated heterocycles. The number of hydrogen-bond donors (Lipinski definition) is 1. The third kappa shape index (κ3) is 7.62. The second kappa shape index (κ2) is 14.6. The summed E-state index contributed by atoms with van der Waals surface area (Å²) in [6, 6.07) is 18.1. The topological polar surface area (TPSA) is 111 Å². The normalized spacial score (nSPS) is 13.1. The fourth-order valence-corrected chi connectivity index (χ4v) is 4.11. The summed E-state index contributed by atoms with van der Waals surface area (Å²) in [6.45, 7) is 3.90. The first-order valence-corrected chi connectivity index (χ1v) is 13.0. The van der Waals surface area contributed by atoms with E-state index in [4.69, 9.17) is 19.7 Å². The van der Waals surface area contributed by atoms with Gasteiger partial charge in [-0.05, 0) is 55.0 Å². The first-order valence-electron chi connectivity index (χ1n) is 13.0. The van der Waals surface area contributed by atoms with Gasteiger partial charge < -0.3 is 15.4 Å². The number of ketones is 1. The van der Waals surface area contributed by atoms with E-state index in [2.05, 4.69) is 15.8 Å². The zero-order valence-electron chi connectivity index (χ0n) is 23.6. The summed E-state index contributed by atoms with van der Waals surface area (Å²) in [7, 11) is 3.06. The number of nitrogens with zero attached hydrogens (tertiary/aromatic N) is 2. The molecule has 0 aliphatic carbocycles. The molecular formula is C31H31F3N4O4. The number of carbonyl (C=O) groups is 1. The lowest BCUT2D eigenvalue weighted by atomic mass is 9.90. The van der Waals surface area contributed by atoms with Gasteiger partial charge in [0.15, 0.2) is 10.9 Å². The molecule has 8 nitrogen and oxygen atoms in total. The zero-order chi connectivity index (χ0) is 30.7. The Balaban J connectivity index is 2.10. The number of likely N-dealkylation sites (N-methyl/N-ethyl adjacent to an activating group) is 1. The molecule has 0 heterocycles. The van der Waals surface area contributed by atoms with Gasteiger partial charge in [-0.3, -0.25) is 15.2 Å². The van der Waals surface area contributed by atoms with Crippen molar-refractivity contribution in [3.05, 3.63) is 123 Å². The molecule has 0 atom stereocenters. The number of benzene rings is 3. The second-order valence-electron chi connectivity index (χ2n) is 8.70. The molecule has 0 saturated carbocycles. The number of nitrogens with one attached hydrogen (secondary N) is 2. The minimum atomic E-state index is -4.49. The molecule has 3 aromatic carbocycles. The van der Waals surface area contributed by atoms with Gasteiger partial charge in [-0.1, -0.05) is 31.2 Å². The number of nitroso groups, excluding NO2 is 1. The van der Waals surface area contributed by atoms with Crippen molar-refractivity contribution in [3.8, 4) is 11.5 Å². The smallest absolute Gasteiger partial charge is 0.416 e. The van der Waals surface area contributed by atoms with Crippen molar-refractivity contribution in [1.82, 2.24) is 5.32 Å². The molecule has 2 N–H and O–H groups in total. The lowest BCUT2D eigenvalue weighted by Gasteiger charge is -2.15. The quantitative estimate of drug-likeness (QED) is 0.106. The van der Waals surface area contributed by atoms with Crippen molar-refractivity contribution in [2.75, 3.05) is 20.7 Å². The summed E-state index contributed by atoms with van der Waals surface area (Å²) in [4.78, 5) is 12.7. The van der Waals surface area contributed by atoms with Gasteiger partial charge in [0.1, 0.15) is 11.5 Å². The molecule has 0 aliphatic heterocycles. The number of hydrogen-bond acceptors (Lipinski definition) is 3. The summed E-state index contributed by atoms with van der Waals surface area (Å²) in [6.07, 6.45) is -2.69. The highest BCUT2D eigenvalue weighted by Gasteiger charge is 2.31. The van der Waals surface area contributed by atoms with Crippen molar-refractivity contribution >= 4 is 23.0 Å². The molecule has 0 radical (unpaired) electrons. The molecule has 0 spiro atoms. The van der Waals surface area contributed by atoms with Crippen LogP contribution in [-0.2, 0) is 11.0 Å². The average molecular weight is 581 g/mol. The van der Waals surface area contributed by atoms with Gasteiger partial charge in [0.2, 0.25) is 5.91 Å². The maximum Gasteiger partial charge on any atom is 0.416 e. The predicted octanol–water partition coefficient (Wildman–Crippen LogP) is 8.42. The van der Waals surface area contributed by atoms with E-state index in [-0.39, 0.29) is 29.6 Å². The number of amides is 1. The molecule has 42 heavy (non-hydrogen) atoms. The highest BCUT2D eigenvalue weighted by atomic mass is 19.4. The monoisotopic (exact) mass is 580 g/mol. The molecule has 11 heteroatoms. The van der Waals surface area contributed by atoms with Crippen LogP contribution in [-0.4, -0.2) is 32.4 Å². The summed E-state index contributed by atoms with van der Waals surface area (Å²) in [5.74, 6) is 8.11. The first kappa shape index (κ1) is 31.6. The maximum absolute atomic E-state index is 13.1. The Morgan fingerprint density at radius 1 is 1.02 bits per heavy atom. The van der Waals surface area contributed by atoms with Crippen LogP contribution in [0.4, 0.5) is 13.2 Å². The van der Waals surface area contributed by atoms with Crippen LogP contribution in [0.5, 0.6) is 11.5 Å². The third-order valence-corrected chi connectivity index (χ3v) is 6.02. The van der Waals surface area contributed by atoms with E-state index in [1.165, 1.54) is 25.4 Å². The van der Waals surface area contributed by atoms with E-state index in [0.29, 0.717) is 40.1 Å². The number of alkyl halides is 3. The molecule has 3 rings (SSSR count). The van der Waals surface area contributed by atoms with Crippen molar-refractivity contribution < 1.29 is 27.2 Å². The van der Waals surface area contributed by atoms with Crippen LogP contribution < -0.4 is 10.1 Å². The van der Waals surface area contributed by atoms with Gasteiger partial charge in [0, 0.05) is 30.7 Å². The van der Waals surface area contributed by atoms with Crippen LogP contribution in [0.3, 0.4) is 0 Å². The zero-order valence-corrected chi connectivity index (χ0v) is 23.6. The maximum atomic E-state index is 13.1. The van der Waals surface area contributed by atoms with Gasteiger partial charge >= 0.3 is 18.6 Å². The van der Waals surface area contributed by atoms with Crippen LogP contribution >= 0.6 is 0 Å². The van der Waals surface area contributed by atoms with Crippen LogP contribution in [0, 0.1) is 4.54 Å². The van der Waals surface area contributed by atoms with Gasteiger partial charge in [-0.15, -0.1) is 11.6 Å². The Morgan fingerprint density at radius 3 is 2.29 bits per heavy atom. The molecule has 3 aromatic rings. The highest BCUT2D eigenvalue weighted by molar-refractivity contribution is 6.24. The van der Waals surface area contributed by atoms with Crippen molar-refractivity contribution in [3.63, 3.8) is 0 Å². The van der Waals surface area contributed by atoms with Crippen molar-refractivity contribution in [2.45, 2.75) is 26.4 Å². The number of halogens is 3. The van der Waals surface area contributed by atoms with Gasteiger partial charge in [-0.2, -0.15) is 19.4 Å². The van der Waals surface area contributed by atoms with Crippen LogP contribution in [0.25, 0.3) is 22.5 Å². The lowest BCUT2D eigenvalue weighted by molar-refractivity contribution is -0.171. The summed E-state index contributed by atoms with van der Waals surface area (Å²) < 4.78 is 55.6. The standard InChI is InChI=1S/C31H31F3N4O4/c1-5-24(29(42-35)26-13-8-7-12-25(26)27(19-36-3)30(39)37-4)28(38-40-6-2)20-14-16-22(17-15-20)41-23-11-9-10-21(18-23)31(32,33)34/h7-19,35H,5-6H2,1-4H3,(H-,36,37,39). The third-order valence-electron chi connectivity index (χ3n) is 6.02. The summed E-state index contributed by atoms with van der Waals surface area (Å²) in [5, 5.41) is 10.9. The van der Waals surface area contributed by atoms with Crippen LogP contribution in [0.2, 0.25) is 0 Å². The number of allylic oxidation sites excluding steroid dienone is 1. The van der Waals surface area contributed by atoms with Crippen LogP contribution in [0.15, 0.2) is 89.7 Å². The highest BCUT2D eigenvalue weighted by Crippen LogP contribution is 2.34. The Morgan fingerprint density at radius 2 is 1.71 bits per heavy atom. The average Bonchev–Trinajstić information content (AvgIpc) is 2.99. The van der Waals surface area contributed by atoms with E-state index >= 15 is 0 Å². The number of rotatable bonds is 11. The Bertz CT molecular complexity index is 1510. The summed E-state index contributed by atoms with van der Waals surface area (Å²) >= 11 is 0. The van der Waals surface area contributed by atoms with Gasteiger partial charge in [-0.25, -0.2) is 0 Å². The molecule has 1 amide bonds. The molecule has 220 valence electrons. The minimum Gasteiger partial charge on any atom is -0.693 e. The molecule has 0 aliphatic rings. The van der Waals surface area contributed by atoms with E-state index in [0.717, 1.165) is 12.1 Å². The van der Waals surface area contributed by atoms with E-state index in [1.54, 1.807) is 62.5 Å². The number of ether oxygens (including phenoxy) is 1. The van der Waals surface area contributed by atoms with Crippen LogP contribution in [0.1, 0.15) is 47.0 Å². The predicted molar refractivity (Wildman–Crippen MR) is 158 cm³/mol. The Labute approximate surface area is 242 Å². The minimum absolute atomic E-state index is 0.0372. The Hall–Kier alpha value is -4.93. The molecule has 0 unspecified atom stereocenters. The largest absolute Gasteiger partial charge is 0.693 e. The SMILES string of the molecule is CC[O+]=NC(=C(CC)C(=[O+][NH-])c1ccccc1C(=C[N-]C)C(=O)NC)c1ccc(Oc2cccc(C(F)(F)F)c2)cc1. The second-order valence-corrected chi connectivity index (χ2v) is 8.70. The molecule has 0 fully saturated rings. The molecule has 0 bridgehead atoms. The van der Waals surface area contributed by atoms with Gasteiger partial charge in [0.25, 0.3) is 0 Å². The van der Waals surface area contributed by atoms with Gasteiger partial charge in [0.05, 0.1) is 16.7 Å². The lowest BCUT2D eigenvalue weighted by Crippen LogP contribution is -2.21. The fraction of sp³-hybridized carbons (Fsp3) is 0.226. The van der Waals surface area contributed by atoms with Crippen molar-refractivity contribution in [1.29, 1.82) is 0 Å². The van der Waals surface area contributed by atoms with E-state index in [9.17, 15) is 18.0 Å². The number of carbonyl (C=O) groups excluding carboxylic acids is 2. The Kier molecular flexibility index (Phi) is 11.0. The molecular weight excluding hydrogens is 549 g/mol. The first-order chi connectivity index (χ1) is 20.2. The summed E-state index contributed by atoms with van der Waals surface area (Å²) in [5.41, 5.74) is 1.89. The molecule has 0 aromatic heterocycles. The van der Waals surface area contributed by atoms with Crippen molar-refractivity contribution in [2.24, 2.45) is 5.18 Å². The van der Waals surface area contributed by atoms with E-state index in [1.807, 2.05) is 6.92 Å². The fourth-order valence-electron chi connectivity index (χ4n) is 4.11. The van der Waals surface area contributed by atoms with E-state index < -0.39 is 11.7 Å².